The van der Waals surface area contributed by atoms with Crippen LogP contribution in [0.4, 0.5) is 0 Å². The molecule has 5 unspecified atom stereocenters. The van der Waals surface area contributed by atoms with Crippen LogP contribution in [-0.4, -0.2) is 0 Å². The van der Waals surface area contributed by atoms with E-state index in [1.807, 2.05) is 0 Å². The molecular formula is C12H18. The maximum absolute atomic E-state index is 2.52. The Kier molecular flexibility index (Phi) is 1.42. The van der Waals surface area contributed by atoms with Crippen LogP contribution < -0.4 is 0 Å². The fourth-order valence-electron chi connectivity index (χ4n) is 4.08. The molecule has 0 nitrogen and oxygen atoms in total. The Hall–Kier alpha value is -0.260. The van der Waals surface area contributed by atoms with Crippen molar-refractivity contribution in [2.45, 2.75) is 32.6 Å². The van der Waals surface area contributed by atoms with Gasteiger partial charge >= 0.3 is 0 Å². The SMILES string of the molecule is CC1CC2CC(C1)C1CC=CC21. The lowest BCUT2D eigenvalue weighted by Crippen LogP contribution is -2.15. The molecule has 0 saturated heterocycles. The average molecular weight is 162 g/mol. The average Bonchev–Trinajstić information content (AvgIpc) is 2.56. The standard InChI is InChI=1S/C12H18/c1-8-5-9-7-10(6-8)12-4-2-3-11(9)12/h2-3,8-12H,4-7H2,1H3. The van der Waals surface area contributed by atoms with Gasteiger partial charge in [0.25, 0.3) is 0 Å². The predicted octanol–water partition coefficient (Wildman–Crippen LogP) is 3.24. The van der Waals surface area contributed by atoms with Gasteiger partial charge in [0.15, 0.2) is 0 Å². The van der Waals surface area contributed by atoms with Gasteiger partial charge in [0.05, 0.1) is 0 Å². The first-order chi connectivity index (χ1) is 5.84. The Morgan fingerprint density at radius 1 is 1.08 bits per heavy atom. The summed E-state index contributed by atoms with van der Waals surface area (Å²) in [6.07, 6.45) is 11.0. The maximum Gasteiger partial charge on any atom is -0.0171 e. The summed E-state index contributed by atoms with van der Waals surface area (Å²) in [5, 5.41) is 0. The highest BCUT2D eigenvalue weighted by Gasteiger charge is 2.46. The largest absolute Gasteiger partial charge is 0.0879 e. The summed E-state index contributed by atoms with van der Waals surface area (Å²) < 4.78 is 0. The first kappa shape index (κ1) is 7.17. The zero-order valence-electron chi connectivity index (χ0n) is 7.87. The fourth-order valence-corrected chi connectivity index (χ4v) is 4.08. The van der Waals surface area contributed by atoms with Crippen molar-refractivity contribution in [3.8, 4) is 0 Å². The summed E-state index contributed by atoms with van der Waals surface area (Å²) in [6.45, 7) is 2.45. The van der Waals surface area contributed by atoms with Crippen LogP contribution in [0.2, 0.25) is 0 Å². The highest BCUT2D eigenvalue weighted by atomic mass is 14.5. The van der Waals surface area contributed by atoms with Gasteiger partial charge in [0, 0.05) is 0 Å². The van der Waals surface area contributed by atoms with Crippen molar-refractivity contribution in [1.29, 1.82) is 0 Å². The van der Waals surface area contributed by atoms with E-state index in [1.54, 1.807) is 6.42 Å². The molecule has 3 rings (SSSR count). The normalized spacial score (nSPS) is 55.9. The number of fused-ring (bicyclic) bond motifs is 5. The third-order valence-electron chi connectivity index (χ3n) is 4.43. The highest BCUT2D eigenvalue weighted by molar-refractivity contribution is 5.11. The zero-order chi connectivity index (χ0) is 8.13. The third kappa shape index (κ3) is 0.841. The van der Waals surface area contributed by atoms with Crippen molar-refractivity contribution in [1.82, 2.24) is 0 Å². The Morgan fingerprint density at radius 2 is 1.92 bits per heavy atom. The van der Waals surface area contributed by atoms with Crippen LogP contribution in [0.5, 0.6) is 0 Å². The van der Waals surface area contributed by atoms with Crippen molar-refractivity contribution in [2.75, 3.05) is 0 Å². The molecule has 0 amide bonds. The molecule has 0 N–H and O–H groups in total. The van der Waals surface area contributed by atoms with E-state index >= 15 is 0 Å². The Bertz CT molecular complexity index is 214. The highest BCUT2D eigenvalue weighted by Crippen LogP contribution is 2.55. The Morgan fingerprint density at radius 3 is 2.83 bits per heavy atom. The van der Waals surface area contributed by atoms with Gasteiger partial charge in [-0.3, -0.25) is 0 Å². The molecule has 5 atom stereocenters. The molecule has 12 heavy (non-hydrogen) atoms. The number of allylic oxidation sites excluding steroid dienone is 2. The van der Waals surface area contributed by atoms with E-state index in [9.17, 15) is 0 Å². The second kappa shape index (κ2) is 2.37. The molecule has 0 heteroatoms. The minimum atomic E-state index is 1.000. The van der Waals surface area contributed by atoms with Crippen molar-refractivity contribution in [3.05, 3.63) is 12.2 Å². The number of hydrogen-bond donors (Lipinski definition) is 0. The Labute approximate surface area is 75.0 Å². The minimum absolute atomic E-state index is 1.000. The van der Waals surface area contributed by atoms with Gasteiger partial charge in [0.1, 0.15) is 0 Å². The van der Waals surface area contributed by atoms with E-state index in [4.69, 9.17) is 0 Å². The molecule has 3 aliphatic rings. The molecule has 0 heterocycles. The predicted molar refractivity (Wildman–Crippen MR) is 50.7 cm³/mol. The first-order valence-corrected chi connectivity index (χ1v) is 5.51. The number of hydrogen-bond acceptors (Lipinski definition) is 0. The quantitative estimate of drug-likeness (QED) is 0.480. The summed E-state index contributed by atoms with van der Waals surface area (Å²) in [4.78, 5) is 0. The van der Waals surface area contributed by atoms with Crippen LogP contribution in [0, 0.1) is 29.6 Å². The van der Waals surface area contributed by atoms with E-state index in [2.05, 4.69) is 19.1 Å². The molecule has 2 fully saturated rings. The van der Waals surface area contributed by atoms with E-state index in [0.717, 1.165) is 29.6 Å². The lowest BCUT2D eigenvalue weighted by Gasteiger charge is -2.26. The maximum atomic E-state index is 2.52. The van der Waals surface area contributed by atoms with E-state index in [1.165, 1.54) is 19.3 Å². The zero-order valence-corrected chi connectivity index (χ0v) is 7.87. The summed E-state index contributed by atoms with van der Waals surface area (Å²) in [7, 11) is 0. The van der Waals surface area contributed by atoms with Crippen molar-refractivity contribution in [2.24, 2.45) is 29.6 Å². The smallest absolute Gasteiger partial charge is 0.0171 e. The van der Waals surface area contributed by atoms with Gasteiger partial charge in [-0.25, -0.2) is 0 Å². The molecule has 0 aromatic carbocycles. The van der Waals surface area contributed by atoms with Crippen LogP contribution in [-0.2, 0) is 0 Å². The van der Waals surface area contributed by atoms with Gasteiger partial charge < -0.3 is 0 Å². The molecule has 0 radical (unpaired) electrons. The van der Waals surface area contributed by atoms with Crippen LogP contribution in [0.25, 0.3) is 0 Å². The Balaban J connectivity index is 1.89. The van der Waals surface area contributed by atoms with E-state index in [-0.39, 0.29) is 0 Å². The van der Waals surface area contributed by atoms with Gasteiger partial charge in [-0.2, -0.15) is 0 Å². The third-order valence-corrected chi connectivity index (χ3v) is 4.43. The summed E-state index contributed by atoms with van der Waals surface area (Å²) in [5.74, 6) is 5.26. The van der Waals surface area contributed by atoms with Gasteiger partial charge in [0.2, 0.25) is 0 Å². The van der Waals surface area contributed by atoms with Crippen LogP contribution in [0.3, 0.4) is 0 Å². The second-order valence-electron chi connectivity index (χ2n) is 5.24. The molecule has 0 aromatic heterocycles. The van der Waals surface area contributed by atoms with Crippen molar-refractivity contribution in [3.63, 3.8) is 0 Å². The molecule has 0 spiro atoms. The number of rotatable bonds is 0. The lowest BCUT2D eigenvalue weighted by molar-refractivity contribution is 0.256. The van der Waals surface area contributed by atoms with Crippen LogP contribution in [0.15, 0.2) is 12.2 Å². The monoisotopic (exact) mass is 162 g/mol. The van der Waals surface area contributed by atoms with E-state index in [0.29, 0.717) is 0 Å². The van der Waals surface area contributed by atoms with E-state index < -0.39 is 0 Å². The molecular weight excluding hydrogens is 144 g/mol. The summed E-state index contributed by atoms with van der Waals surface area (Å²) >= 11 is 0. The molecule has 2 bridgehead atoms. The molecule has 0 aromatic rings. The second-order valence-corrected chi connectivity index (χ2v) is 5.24. The van der Waals surface area contributed by atoms with Gasteiger partial charge in [-0.15, -0.1) is 0 Å². The van der Waals surface area contributed by atoms with Crippen LogP contribution >= 0.6 is 0 Å². The van der Waals surface area contributed by atoms with Gasteiger partial charge in [-0.05, 0) is 55.3 Å². The lowest BCUT2D eigenvalue weighted by atomic mass is 9.80. The first-order valence-electron chi connectivity index (χ1n) is 5.51. The molecule has 2 saturated carbocycles. The van der Waals surface area contributed by atoms with Crippen molar-refractivity contribution < 1.29 is 0 Å². The minimum Gasteiger partial charge on any atom is -0.0879 e. The van der Waals surface area contributed by atoms with Gasteiger partial charge in [-0.1, -0.05) is 19.1 Å². The van der Waals surface area contributed by atoms with Crippen LogP contribution in [0.1, 0.15) is 32.6 Å². The topological polar surface area (TPSA) is 0 Å². The summed E-state index contributed by atoms with van der Waals surface area (Å²) in [6, 6.07) is 0. The molecule has 3 aliphatic carbocycles. The fraction of sp³-hybridized carbons (Fsp3) is 0.833. The molecule has 66 valence electrons. The molecule has 0 aliphatic heterocycles. The van der Waals surface area contributed by atoms with Crippen molar-refractivity contribution >= 4 is 0 Å². The summed E-state index contributed by atoms with van der Waals surface area (Å²) in [5.41, 5.74) is 0.